The van der Waals surface area contributed by atoms with Crippen molar-refractivity contribution in [1.29, 1.82) is 0 Å². The predicted molar refractivity (Wildman–Crippen MR) is 53.6 cm³/mol. The summed E-state index contributed by atoms with van der Waals surface area (Å²) in [6.07, 6.45) is 2.78. The van der Waals surface area contributed by atoms with Gasteiger partial charge in [0.15, 0.2) is 0 Å². The smallest absolute Gasteiger partial charge is 0.222 e. The standard InChI is InChI=1S/C10H20N2O/c1-3-5-10(13)12-7-6-9(8-12)11-4-2/h9,11H,3-8H2,1-2H3. The number of amides is 1. The Balaban J connectivity index is 2.27. The summed E-state index contributed by atoms with van der Waals surface area (Å²) < 4.78 is 0. The summed E-state index contributed by atoms with van der Waals surface area (Å²) in [5.41, 5.74) is 0. The highest BCUT2D eigenvalue weighted by Crippen LogP contribution is 2.10. The van der Waals surface area contributed by atoms with Gasteiger partial charge in [0.1, 0.15) is 0 Å². The van der Waals surface area contributed by atoms with E-state index in [0.717, 1.165) is 32.5 Å². The summed E-state index contributed by atoms with van der Waals surface area (Å²) in [5.74, 6) is 0.322. The van der Waals surface area contributed by atoms with E-state index in [1.54, 1.807) is 0 Å². The van der Waals surface area contributed by atoms with E-state index < -0.39 is 0 Å². The van der Waals surface area contributed by atoms with Crippen LogP contribution >= 0.6 is 0 Å². The summed E-state index contributed by atoms with van der Waals surface area (Å²) in [7, 11) is 0. The molecule has 0 aromatic rings. The zero-order chi connectivity index (χ0) is 9.68. The third-order valence-corrected chi connectivity index (χ3v) is 2.50. The maximum atomic E-state index is 11.5. The molecule has 1 aliphatic rings. The van der Waals surface area contributed by atoms with E-state index in [2.05, 4.69) is 19.2 Å². The number of nitrogens with one attached hydrogen (secondary N) is 1. The number of carbonyl (C=O) groups excluding carboxylic acids is 1. The fraction of sp³-hybridized carbons (Fsp3) is 0.900. The minimum absolute atomic E-state index is 0.322. The van der Waals surface area contributed by atoms with E-state index in [1.807, 2.05) is 4.90 Å². The first-order valence-electron chi connectivity index (χ1n) is 5.29. The van der Waals surface area contributed by atoms with Gasteiger partial charge >= 0.3 is 0 Å². The van der Waals surface area contributed by atoms with Gasteiger partial charge in [-0.25, -0.2) is 0 Å². The SMILES string of the molecule is CCCC(=O)N1CCC(NCC)C1. The molecule has 1 atom stereocenters. The lowest BCUT2D eigenvalue weighted by Gasteiger charge is -2.16. The van der Waals surface area contributed by atoms with Crippen molar-refractivity contribution in [3.05, 3.63) is 0 Å². The van der Waals surface area contributed by atoms with Crippen molar-refractivity contribution in [3.8, 4) is 0 Å². The maximum absolute atomic E-state index is 11.5. The molecule has 3 heteroatoms. The maximum Gasteiger partial charge on any atom is 0.222 e. The molecular formula is C10H20N2O. The van der Waals surface area contributed by atoms with E-state index in [4.69, 9.17) is 0 Å². The van der Waals surface area contributed by atoms with Gasteiger partial charge in [-0.15, -0.1) is 0 Å². The number of rotatable bonds is 4. The van der Waals surface area contributed by atoms with Gasteiger partial charge in [0.2, 0.25) is 5.91 Å². The van der Waals surface area contributed by atoms with Crippen molar-refractivity contribution in [2.75, 3.05) is 19.6 Å². The first-order valence-corrected chi connectivity index (χ1v) is 5.29. The highest BCUT2D eigenvalue weighted by molar-refractivity contribution is 5.76. The minimum atomic E-state index is 0.322. The number of likely N-dealkylation sites (tertiary alicyclic amines) is 1. The van der Waals surface area contributed by atoms with Crippen molar-refractivity contribution in [2.45, 2.75) is 39.2 Å². The van der Waals surface area contributed by atoms with Crippen LogP contribution in [0.25, 0.3) is 0 Å². The minimum Gasteiger partial charge on any atom is -0.341 e. The third-order valence-electron chi connectivity index (χ3n) is 2.50. The number of hydrogen-bond acceptors (Lipinski definition) is 2. The molecule has 0 aromatic carbocycles. The molecule has 0 spiro atoms. The van der Waals surface area contributed by atoms with Crippen LogP contribution in [0.1, 0.15) is 33.1 Å². The van der Waals surface area contributed by atoms with E-state index in [0.29, 0.717) is 18.4 Å². The average molecular weight is 184 g/mol. The van der Waals surface area contributed by atoms with E-state index in [-0.39, 0.29) is 0 Å². The second-order valence-electron chi connectivity index (χ2n) is 3.63. The molecule has 0 radical (unpaired) electrons. The van der Waals surface area contributed by atoms with Crippen LogP contribution in [0.5, 0.6) is 0 Å². The fourth-order valence-electron chi connectivity index (χ4n) is 1.81. The summed E-state index contributed by atoms with van der Waals surface area (Å²) in [6, 6.07) is 0.533. The number of carbonyl (C=O) groups is 1. The van der Waals surface area contributed by atoms with Crippen molar-refractivity contribution < 1.29 is 4.79 Å². The normalized spacial score (nSPS) is 22.3. The molecule has 0 aromatic heterocycles. The molecule has 0 aliphatic carbocycles. The van der Waals surface area contributed by atoms with Crippen molar-refractivity contribution >= 4 is 5.91 Å². The summed E-state index contributed by atoms with van der Waals surface area (Å²) in [4.78, 5) is 13.5. The highest BCUT2D eigenvalue weighted by Gasteiger charge is 2.24. The number of hydrogen-bond donors (Lipinski definition) is 1. The lowest BCUT2D eigenvalue weighted by molar-refractivity contribution is -0.130. The molecule has 1 fully saturated rings. The zero-order valence-electron chi connectivity index (χ0n) is 8.68. The molecule has 0 saturated carbocycles. The lowest BCUT2D eigenvalue weighted by atomic mass is 10.3. The molecule has 1 N–H and O–H groups in total. The molecule has 13 heavy (non-hydrogen) atoms. The number of likely N-dealkylation sites (N-methyl/N-ethyl adjacent to an activating group) is 1. The van der Waals surface area contributed by atoms with Crippen LogP contribution < -0.4 is 5.32 Å². The Morgan fingerprint density at radius 2 is 2.31 bits per heavy atom. The van der Waals surface area contributed by atoms with Gasteiger partial charge in [-0.3, -0.25) is 4.79 Å². The van der Waals surface area contributed by atoms with Crippen molar-refractivity contribution in [3.63, 3.8) is 0 Å². The van der Waals surface area contributed by atoms with Crippen LogP contribution in [0.2, 0.25) is 0 Å². The Labute approximate surface area is 80.5 Å². The Hall–Kier alpha value is -0.570. The average Bonchev–Trinajstić information content (AvgIpc) is 2.54. The van der Waals surface area contributed by atoms with Gasteiger partial charge in [-0.1, -0.05) is 13.8 Å². The molecule has 1 amide bonds. The van der Waals surface area contributed by atoms with Gasteiger partial charge in [0.05, 0.1) is 0 Å². The fourth-order valence-corrected chi connectivity index (χ4v) is 1.81. The second kappa shape index (κ2) is 5.22. The third kappa shape index (κ3) is 2.99. The Morgan fingerprint density at radius 3 is 2.92 bits per heavy atom. The molecule has 1 aliphatic heterocycles. The van der Waals surface area contributed by atoms with E-state index >= 15 is 0 Å². The molecule has 1 unspecified atom stereocenters. The summed E-state index contributed by atoms with van der Waals surface area (Å²) >= 11 is 0. The molecule has 0 bridgehead atoms. The topological polar surface area (TPSA) is 32.3 Å². The van der Waals surface area contributed by atoms with Gasteiger partial charge in [0, 0.05) is 25.6 Å². The second-order valence-corrected chi connectivity index (χ2v) is 3.63. The summed E-state index contributed by atoms with van der Waals surface area (Å²) in [6.45, 7) is 7.01. The Kier molecular flexibility index (Phi) is 4.22. The molecule has 1 heterocycles. The number of nitrogens with zero attached hydrogens (tertiary/aromatic N) is 1. The quantitative estimate of drug-likeness (QED) is 0.707. The van der Waals surface area contributed by atoms with Crippen molar-refractivity contribution in [2.24, 2.45) is 0 Å². The highest BCUT2D eigenvalue weighted by atomic mass is 16.2. The van der Waals surface area contributed by atoms with Gasteiger partial charge in [0.25, 0.3) is 0 Å². The predicted octanol–water partition coefficient (Wildman–Crippen LogP) is 0.997. The van der Waals surface area contributed by atoms with Crippen LogP contribution in [0.3, 0.4) is 0 Å². The lowest BCUT2D eigenvalue weighted by Crippen LogP contribution is -2.34. The van der Waals surface area contributed by atoms with Crippen LogP contribution in [0, 0.1) is 0 Å². The Morgan fingerprint density at radius 1 is 1.54 bits per heavy atom. The first kappa shape index (κ1) is 10.5. The molecule has 76 valence electrons. The van der Waals surface area contributed by atoms with Gasteiger partial charge in [-0.2, -0.15) is 0 Å². The largest absolute Gasteiger partial charge is 0.341 e. The van der Waals surface area contributed by atoms with Gasteiger partial charge < -0.3 is 10.2 Å². The van der Waals surface area contributed by atoms with E-state index in [1.165, 1.54) is 0 Å². The first-order chi connectivity index (χ1) is 6.27. The van der Waals surface area contributed by atoms with Crippen LogP contribution in [0.15, 0.2) is 0 Å². The Bertz CT molecular complexity index is 170. The summed E-state index contributed by atoms with van der Waals surface area (Å²) in [5, 5.41) is 3.38. The van der Waals surface area contributed by atoms with Crippen LogP contribution in [0.4, 0.5) is 0 Å². The molecule has 1 rings (SSSR count). The van der Waals surface area contributed by atoms with Crippen LogP contribution in [-0.2, 0) is 4.79 Å². The molecule has 3 nitrogen and oxygen atoms in total. The molecule has 1 saturated heterocycles. The van der Waals surface area contributed by atoms with Crippen LogP contribution in [-0.4, -0.2) is 36.5 Å². The monoisotopic (exact) mass is 184 g/mol. The van der Waals surface area contributed by atoms with Crippen molar-refractivity contribution in [1.82, 2.24) is 10.2 Å². The zero-order valence-corrected chi connectivity index (χ0v) is 8.68. The van der Waals surface area contributed by atoms with E-state index in [9.17, 15) is 4.79 Å². The molecular weight excluding hydrogens is 164 g/mol. The van der Waals surface area contributed by atoms with Gasteiger partial charge in [-0.05, 0) is 19.4 Å².